The first kappa shape index (κ1) is 13.2. The van der Waals surface area contributed by atoms with Crippen LogP contribution in [-0.2, 0) is 9.84 Å². The van der Waals surface area contributed by atoms with Crippen molar-refractivity contribution in [1.82, 2.24) is 4.98 Å². The highest BCUT2D eigenvalue weighted by Gasteiger charge is 2.29. The molecule has 9 heteroatoms. The zero-order chi connectivity index (χ0) is 14.0. The number of aromatic nitrogens is 1. The van der Waals surface area contributed by atoms with Gasteiger partial charge in [0.25, 0.3) is 0 Å². The third-order valence-corrected chi connectivity index (χ3v) is 4.53. The van der Waals surface area contributed by atoms with E-state index in [0.29, 0.717) is 6.42 Å². The van der Waals surface area contributed by atoms with Gasteiger partial charge in [-0.25, -0.2) is 13.4 Å². The average Bonchev–Trinajstić information content (AvgIpc) is 2.69. The maximum absolute atomic E-state index is 11.3. The average molecular weight is 282 g/mol. The smallest absolute Gasteiger partial charge is 0.312 e. The highest BCUT2D eigenvalue weighted by molar-refractivity contribution is 7.91. The van der Waals surface area contributed by atoms with E-state index >= 15 is 0 Å². The zero-order valence-corrected chi connectivity index (χ0v) is 10.6. The highest BCUT2D eigenvalue weighted by Crippen LogP contribution is 2.25. The van der Waals surface area contributed by atoms with Crippen LogP contribution in [-0.4, -0.2) is 35.9 Å². The molecule has 0 aromatic carbocycles. The van der Waals surface area contributed by atoms with Gasteiger partial charge in [0.1, 0.15) is 6.07 Å². The summed E-state index contributed by atoms with van der Waals surface area (Å²) >= 11 is 0. The van der Waals surface area contributed by atoms with Crippen LogP contribution in [0, 0.1) is 21.4 Å². The molecule has 0 aliphatic carbocycles. The topological polar surface area (TPSA) is 126 Å². The number of anilines is 1. The van der Waals surface area contributed by atoms with Crippen LogP contribution in [0.25, 0.3) is 0 Å². The number of hydrogen-bond acceptors (Lipinski definition) is 7. The lowest BCUT2D eigenvalue weighted by Crippen LogP contribution is -2.22. The monoisotopic (exact) mass is 282 g/mol. The van der Waals surface area contributed by atoms with Gasteiger partial charge < -0.3 is 5.32 Å². The van der Waals surface area contributed by atoms with Crippen LogP contribution >= 0.6 is 0 Å². The predicted molar refractivity (Wildman–Crippen MR) is 66.3 cm³/mol. The van der Waals surface area contributed by atoms with Crippen LogP contribution < -0.4 is 5.32 Å². The number of nitro groups is 1. The van der Waals surface area contributed by atoms with Gasteiger partial charge >= 0.3 is 5.69 Å². The molecule has 0 bridgehead atoms. The Labute approximate surface area is 109 Å². The fourth-order valence-corrected chi connectivity index (χ4v) is 3.54. The van der Waals surface area contributed by atoms with Crippen molar-refractivity contribution in [2.45, 2.75) is 12.5 Å². The van der Waals surface area contributed by atoms with Gasteiger partial charge in [-0.1, -0.05) is 0 Å². The highest BCUT2D eigenvalue weighted by atomic mass is 32.2. The fourth-order valence-electron chi connectivity index (χ4n) is 1.87. The Kier molecular flexibility index (Phi) is 3.35. The minimum Gasteiger partial charge on any atom is -0.361 e. The minimum atomic E-state index is -3.07. The van der Waals surface area contributed by atoms with Crippen molar-refractivity contribution in [2.75, 3.05) is 16.8 Å². The van der Waals surface area contributed by atoms with Crippen molar-refractivity contribution in [3.8, 4) is 6.07 Å². The number of nitriles is 1. The fraction of sp³-hybridized carbons (Fsp3) is 0.400. The summed E-state index contributed by atoms with van der Waals surface area (Å²) < 4.78 is 22.6. The van der Waals surface area contributed by atoms with Crippen LogP contribution in [0.4, 0.5) is 11.5 Å². The largest absolute Gasteiger partial charge is 0.361 e. The summed E-state index contributed by atoms with van der Waals surface area (Å²) in [4.78, 5) is 14.0. The van der Waals surface area contributed by atoms with Crippen LogP contribution in [0.15, 0.2) is 12.3 Å². The molecular formula is C10H10N4O4S. The summed E-state index contributed by atoms with van der Waals surface area (Å²) in [5.41, 5.74) is -0.250. The molecule has 0 spiro atoms. The van der Waals surface area contributed by atoms with E-state index in [-0.39, 0.29) is 34.6 Å². The third-order valence-electron chi connectivity index (χ3n) is 2.77. The first-order chi connectivity index (χ1) is 8.91. The quantitative estimate of drug-likeness (QED) is 0.630. The molecular weight excluding hydrogens is 272 g/mol. The lowest BCUT2D eigenvalue weighted by atomic mass is 10.2. The second kappa shape index (κ2) is 4.81. The van der Waals surface area contributed by atoms with E-state index in [1.165, 1.54) is 6.20 Å². The second-order valence-corrected chi connectivity index (χ2v) is 6.43. The molecule has 19 heavy (non-hydrogen) atoms. The summed E-state index contributed by atoms with van der Waals surface area (Å²) in [5, 5.41) is 22.3. The normalized spacial score (nSPS) is 20.7. The van der Waals surface area contributed by atoms with Crippen molar-refractivity contribution in [2.24, 2.45) is 0 Å². The molecule has 0 radical (unpaired) electrons. The number of nitrogens with one attached hydrogen (secondary N) is 1. The number of hydrogen-bond donors (Lipinski definition) is 1. The molecule has 1 N–H and O–H groups in total. The molecule has 1 fully saturated rings. The summed E-state index contributed by atoms with van der Waals surface area (Å²) in [5.74, 6) is -0.00767. The van der Waals surface area contributed by atoms with Crippen LogP contribution in [0.5, 0.6) is 0 Å². The third kappa shape index (κ3) is 2.97. The van der Waals surface area contributed by atoms with Gasteiger partial charge in [-0.05, 0) is 6.42 Å². The van der Waals surface area contributed by atoms with Gasteiger partial charge in [0.05, 0.1) is 22.0 Å². The summed E-state index contributed by atoms with van der Waals surface area (Å²) in [6, 6.07) is 2.49. The van der Waals surface area contributed by atoms with Crippen LogP contribution in [0.2, 0.25) is 0 Å². The van der Waals surface area contributed by atoms with Crippen molar-refractivity contribution >= 4 is 21.3 Å². The molecule has 1 aromatic heterocycles. The van der Waals surface area contributed by atoms with Gasteiger partial charge in [0, 0.05) is 18.3 Å². The first-order valence-electron chi connectivity index (χ1n) is 5.43. The van der Waals surface area contributed by atoms with Gasteiger partial charge in [0.15, 0.2) is 9.84 Å². The van der Waals surface area contributed by atoms with E-state index < -0.39 is 14.8 Å². The number of nitrogens with zero attached hydrogens (tertiary/aromatic N) is 3. The zero-order valence-electron chi connectivity index (χ0n) is 9.74. The molecule has 8 nitrogen and oxygen atoms in total. The lowest BCUT2D eigenvalue weighted by molar-refractivity contribution is -0.384. The molecule has 1 aromatic rings. The Morgan fingerprint density at radius 1 is 1.58 bits per heavy atom. The van der Waals surface area contributed by atoms with E-state index in [1.807, 2.05) is 0 Å². The summed E-state index contributed by atoms with van der Waals surface area (Å²) in [6.07, 6.45) is 1.60. The minimum absolute atomic E-state index is 0.00824. The predicted octanol–water partition coefficient (Wildman–Crippen LogP) is 0.460. The number of rotatable bonds is 3. The summed E-state index contributed by atoms with van der Waals surface area (Å²) in [6.45, 7) is 0. The molecule has 1 aliphatic rings. The number of sulfone groups is 1. The maximum Gasteiger partial charge on any atom is 0.312 e. The summed E-state index contributed by atoms with van der Waals surface area (Å²) in [7, 11) is -3.07. The lowest BCUT2D eigenvalue weighted by Gasteiger charge is -2.11. The molecule has 1 saturated heterocycles. The standard InChI is InChI=1S/C10H10N4O4S/c11-4-7-3-9(14(15)16)10(12-5-7)13-8-1-2-19(17,18)6-8/h3,5,8H,1-2,6H2,(H,12,13). The van der Waals surface area contributed by atoms with Crippen LogP contribution in [0.1, 0.15) is 12.0 Å². The molecule has 0 saturated carbocycles. The Hall–Kier alpha value is -2.21. The van der Waals surface area contributed by atoms with Crippen molar-refractivity contribution < 1.29 is 13.3 Å². The van der Waals surface area contributed by atoms with Gasteiger partial charge in [-0.2, -0.15) is 5.26 Å². The van der Waals surface area contributed by atoms with Crippen molar-refractivity contribution in [3.05, 3.63) is 27.9 Å². The van der Waals surface area contributed by atoms with E-state index in [1.54, 1.807) is 6.07 Å². The van der Waals surface area contributed by atoms with E-state index in [4.69, 9.17) is 5.26 Å². The molecule has 1 atom stereocenters. The molecule has 2 heterocycles. The molecule has 100 valence electrons. The van der Waals surface area contributed by atoms with Crippen LogP contribution in [0.3, 0.4) is 0 Å². The molecule has 1 unspecified atom stereocenters. The SMILES string of the molecule is N#Cc1cnc(NC2CCS(=O)(=O)C2)c([N+](=O)[O-])c1. The molecule has 1 aliphatic heterocycles. The Morgan fingerprint density at radius 3 is 2.84 bits per heavy atom. The van der Waals surface area contributed by atoms with Gasteiger partial charge in [-0.15, -0.1) is 0 Å². The second-order valence-electron chi connectivity index (χ2n) is 4.20. The Morgan fingerprint density at radius 2 is 2.32 bits per heavy atom. The van der Waals surface area contributed by atoms with Crippen molar-refractivity contribution in [1.29, 1.82) is 5.26 Å². The van der Waals surface area contributed by atoms with E-state index in [0.717, 1.165) is 6.07 Å². The Bertz CT molecular complexity index is 665. The van der Waals surface area contributed by atoms with Crippen molar-refractivity contribution in [3.63, 3.8) is 0 Å². The maximum atomic E-state index is 11.3. The molecule has 2 rings (SSSR count). The number of pyridine rings is 1. The van der Waals surface area contributed by atoms with Gasteiger partial charge in [0.2, 0.25) is 5.82 Å². The molecule has 0 amide bonds. The Balaban J connectivity index is 2.26. The van der Waals surface area contributed by atoms with E-state index in [9.17, 15) is 18.5 Å². The van der Waals surface area contributed by atoms with Gasteiger partial charge in [-0.3, -0.25) is 10.1 Å². The first-order valence-corrected chi connectivity index (χ1v) is 7.25. The van der Waals surface area contributed by atoms with E-state index in [2.05, 4.69) is 10.3 Å².